The van der Waals surface area contributed by atoms with Crippen LogP contribution in [0.25, 0.3) is 0 Å². The van der Waals surface area contributed by atoms with Gasteiger partial charge in [0.25, 0.3) is 0 Å². The molecule has 0 unspecified atom stereocenters. The largest absolute Gasteiger partial charge is 0.330 e. The molecule has 0 aliphatic rings. The molecule has 1 nitrogen and oxygen atoms in total. The second-order valence-corrected chi connectivity index (χ2v) is 1.14. The fourth-order valence-electron chi connectivity index (χ4n) is 0.204. The summed E-state index contributed by atoms with van der Waals surface area (Å²) < 4.78 is 0. The highest BCUT2D eigenvalue weighted by Gasteiger charge is 1.67. The molecule has 0 fully saturated rings. The Morgan fingerprint density at radius 1 is 1.00 bits per heavy atom. The summed E-state index contributed by atoms with van der Waals surface area (Å²) in [6.07, 6.45) is 2.39. The third-order valence-electron chi connectivity index (χ3n) is 0.558. The number of unbranched alkanes of at least 4 members (excludes halogenated alkanes) is 1. The van der Waals surface area contributed by atoms with Crippen LogP contribution in [0, 0.1) is 0 Å². The summed E-state index contributed by atoms with van der Waals surface area (Å²) in [4.78, 5) is 0. The van der Waals surface area contributed by atoms with Crippen LogP contribution in [0.2, 0.25) is 0 Å². The summed E-state index contributed by atoms with van der Waals surface area (Å²) in [6.45, 7) is 2.98. The van der Waals surface area contributed by atoms with E-state index < -0.39 is 0 Å². The molecule has 0 saturated carbocycles. The van der Waals surface area contributed by atoms with Gasteiger partial charge in [-0.15, -0.1) is 67.9 Å². The zero-order chi connectivity index (χ0) is 4.12. The fourth-order valence-corrected chi connectivity index (χ4v) is 0.204. The molecule has 5 heteroatoms. The van der Waals surface area contributed by atoms with Crippen molar-refractivity contribution in [2.24, 2.45) is 5.73 Å². The van der Waals surface area contributed by atoms with E-state index in [9.17, 15) is 0 Å². The first-order chi connectivity index (χ1) is 2.41. The lowest BCUT2D eigenvalue weighted by Crippen LogP contribution is -1.95. The first kappa shape index (κ1) is 30.7. The van der Waals surface area contributed by atoms with Gasteiger partial charge in [0.05, 0.1) is 0 Å². The molecule has 0 aliphatic carbocycles. The van der Waals surface area contributed by atoms with Crippen molar-refractivity contribution in [2.75, 3.05) is 6.54 Å². The van der Waals surface area contributed by atoms with Crippen molar-refractivity contribution >= 4 is 67.9 Å². The van der Waals surface area contributed by atoms with Crippen LogP contribution in [0.1, 0.15) is 19.8 Å². The Bertz CT molecular complexity index is 20.0. The maximum atomic E-state index is 5.14. The van der Waals surface area contributed by atoms with Gasteiger partial charge in [-0.05, 0) is 13.0 Å². The predicted octanol–water partition coefficient (Wildman–Crippen LogP) is 3.06. The van der Waals surface area contributed by atoms with Crippen LogP contribution in [0.4, 0.5) is 0 Å². The van der Waals surface area contributed by atoms with E-state index in [1.807, 2.05) is 0 Å². The number of hydrogen-bond donors (Lipinski definition) is 1. The number of hydrogen-bond acceptors (Lipinski definition) is 1. The number of nitrogens with two attached hydrogens (primary N) is 1. The van der Waals surface area contributed by atoms with E-state index in [-0.39, 0.29) is 67.9 Å². The molecule has 64 valence electrons. The molecule has 0 spiro atoms. The molecule has 0 saturated heterocycles. The minimum Gasteiger partial charge on any atom is -0.330 e. The molecule has 0 aromatic carbocycles. The lowest BCUT2D eigenvalue weighted by molar-refractivity contribution is 0.807. The molecule has 0 radical (unpaired) electrons. The molecule has 0 aromatic heterocycles. The average Bonchev–Trinajstić information content (AvgIpc) is 1.41. The third kappa shape index (κ3) is 40.8. The molecular weight excluding hydrogens is 382 g/mol. The van der Waals surface area contributed by atoms with Crippen molar-refractivity contribution in [3.8, 4) is 0 Å². The Morgan fingerprint density at radius 2 is 1.33 bits per heavy atom. The standard InChI is InChI=1S/C4H11N.4BrH/c1-2-3-4-5;;;;/h2-5H2,1H3;4*1H. The maximum Gasteiger partial charge on any atom is -0.00774 e. The van der Waals surface area contributed by atoms with Crippen LogP contribution in [0.15, 0.2) is 0 Å². The molecule has 0 heterocycles. The maximum absolute atomic E-state index is 5.14. The zero-order valence-corrected chi connectivity index (χ0v) is 12.2. The van der Waals surface area contributed by atoms with E-state index in [4.69, 9.17) is 5.73 Å². The molecule has 9 heavy (non-hydrogen) atoms. The first-order valence-electron chi connectivity index (χ1n) is 2.12. The third-order valence-corrected chi connectivity index (χ3v) is 0.558. The van der Waals surface area contributed by atoms with Crippen LogP contribution in [0.5, 0.6) is 0 Å². The second kappa shape index (κ2) is 32.7. The SMILES string of the molecule is Br.Br.Br.Br.CCCCN. The van der Waals surface area contributed by atoms with Gasteiger partial charge < -0.3 is 5.73 Å². The summed E-state index contributed by atoms with van der Waals surface area (Å²) in [6, 6.07) is 0. The summed E-state index contributed by atoms with van der Waals surface area (Å²) in [7, 11) is 0. The Balaban J connectivity index is -0.0000000133. The first-order valence-corrected chi connectivity index (χ1v) is 2.12. The Labute approximate surface area is 99.2 Å². The van der Waals surface area contributed by atoms with E-state index in [2.05, 4.69) is 6.92 Å². The van der Waals surface area contributed by atoms with Crippen molar-refractivity contribution in [2.45, 2.75) is 19.8 Å². The van der Waals surface area contributed by atoms with Crippen molar-refractivity contribution in [3.63, 3.8) is 0 Å². The normalized spacial score (nSPS) is 4.67. The van der Waals surface area contributed by atoms with Crippen LogP contribution < -0.4 is 5.73 Å². The minimum absolute atomic E-state index is 0. The molecule has 0 amide bonds. The van der Waals surface area contributed by atoms with Crippen LogP contribution >= 0.6 is 67.9 Å². The van der Waals surface area contributed by atoms with Gasteiger partial charge in [0.1, 0.15) is 0 Å². The van der Waals surface area contributed by atoms with E-state index in [1.165, 1.54) is 12.8 Å². The van der Waals surface area contributed by atoms with Gasteiger partial charge in [-0.25, -0.2) is 0 Å². The van der Waals surface area contributed by atoms with Gasteiger partial charge in [0.15, 0.2) is 0 Å². The van der Waals surface area contributed by atoms with Gasteiger partial charge in [-0.1, -0.05) is 13.3 Å². The summed E-state index contributed by atoms with van der Waals surface area (Å²) >= 11 is 0. The van der Waals surface area contributed by atoms with Gasteiger partial charge in [0.2, 0.25) is 0 Å². The van der Waals surface area contributed by atoms with E-state index >= 15 is 0 Å². The molecule has 2 N–H and O–H groups in total. The van der Waals surface area contributed by atoms with Crippen LogP contribution in [-0.2, 0) is 0 Å². The van der Waals surface area contributed by atoms with Gasteiger partial charge in [-0.3, -0.25) is 0 Å². The molecule has 0 aliphatic heterocycles. The van der Waals surface area contributed by atoms with Gasteiger partial charge in [0, 0.05) is 0 Å². The highest BCUT2D eigenvalue weighted by Crippen LogP contribution is 1.77. The minimum atomic E-state index is 0. The quantitative estimate of drug-likeness (QED) is 0.763. The Morgan fingerprint density at radius 3 is 1.33 bits per heavy atom. The molecule has 0 bridgehead atoms. The van der Waals surface area contributed by atoms with E-state index in [0.29, 0.717) is 0 Å². The van der Waals surface area contributed by atoms with E-state index in [0.717, 1.165) is 6.54 Å². The van der Waals surface area contributed by atoms with Crippen LogP contribution in [0.3, 0.4) is 0 Å². The van der Waals surface area contributed by atoms with E-state index in [1.54, 1.807) is 0 Å². The van der Waals surface area contributed by atoms with Gasteiger partial charge in [-0.2, -0.15) is 0 Å². The zero-order valence-electron chi connectivity index (χ0n) is 5.33. The average molecular weight is 397 g/mol. The topological polar surface area (TPSA) is 26.0 Å². The van der Waals surface area contributed by atoms with Crippen LogP contribution in [-0.4, -0.2) is 6.54 Å². The molecule has 0 rings (SSSR count). The predicted molar refractivity (Wildman–Crippen MR) is 65.3 cm³/mol. The summed E-state index contributed by atoms with van der Waals surface area (Å²) in [5, 5.41) is 0. The monoisotopic (exact) mass is 393 g/mol. The lowest BCUT2D eigenvalue weighted by Gasteiger charge is -1.80. The fraction of sp³-hybridized carbons (Fsp3) is 1.00. The van der Waals surface area contributed by atoms with Crippen molar-refractivity contribution in [1.82, 2.24) is 0 Å². The highest BCUT2D eigenvalue weighted by atomic mass is 79.9. The summed E-state index contributed by atoms with van der Waals surface area (Å²) in [5.74, 6) is 0. The van der Waals surface area contributed by atoms with Crippen molar-refractivity contribution in [3.05, 3.63) is 0 Å². The molecule has 0 atom stereocenters. The van der Waals surface area contributed by atoms with Crippen molar-refractivity contribution < 1.29 is 0 Å². The molecular formula is C4H15Br4N. The summed E-state index contributed by atoms with van der Waals surface area (Å²) in [5.41, 5.74) is 5.14. The Kier molecular flexibility index (Phi) is 112. The lowest BCUT2D eigenvalue weighted by atomic mass is 10.3. The Hall–Kier alpha value is 1.88. The number of halogens is 4. The molecule has 0 aromatic rings. The second-order valence-electron chi connectivity index (χ2n) is 1.14. The van der Waals surface area contributed by atoms with Crippen molar-refractivity contribution in [1.29, 1.82) is 0 Å². The smallest absolute Gasteiger partial charge is 0.00774 e. The van der Waals surface area contributed by atoms with Gasteiger partial charge >= 0.3 is 0 Å². The number of rotatable bonds is 2. The highest BCUT2D eigenvalue weighted by molar-refractivity contribution is 8.93.